The monoisotopic (exact) mass is 567 g/mol. The molecule has 4 rings (SSSR count). The average molecular weight is 567 g/mol. The molecule has 0 spiro atoms. The molecule has 0 saturated carbocycles. The summed E-state index contributed by atoms with van der Waals surface area (Å²) in [7, 11) is 0. The number of hydrogen-bond acceptors (Lipinski definition) is 4. The van der Waals surface area contributed by atoms with Crippen molar-refractivity contribution in [3.8, 4) is 22.6 Å². The van der Waals surface area contributed by atoms with E-state index in [-0.39, 0.29) is 38.1 Å². The van der Waals surface area contributed by atoms with Crippen molar-refractivity contribution in [3.63, 3.8) is 0 Å². The number of halogens is 2. The van der Waals surface area contributed by atoms with Gasteiger partial charge in [0.05, 0.1) is 5.69 Å². The number of pyridine rings is 3. The molecule has 0 aliphatic heterocycles. The summed E-state index contributed by atoms with van der Waals surface area (Å²) in [5.41, 5.74) is 0.763. The Kier molecular flexibility index (Phi) is 6.35. The molecule has 0 saturated heterocycles. The SMILES string of the molecule is O=C(c1ccccn1)c1nc(-c2cccc(-c3[c-]cccc3)n2)c(F)cc1F.[Pt]. The Balaban J connectivity index is 0.00000240. The van der Waals surface area contributed by atoms with Crippen LogP contribution in [0.2, 0.25) is 0 Å². The molecule has 29 heavy (non-hydrogen) atoms. The average Bonchev–Trinajstić information content (AvgIpc) is 2.75. The molecule has 4 aromatic rings. The topological polar surface area (TPSA) is 55.7 Å². The Labute approximate surface area is 180 Å². The zero-order chi connectivity index (χ0) is 19.5. The predicted octanol–water partition coefficient (Wildman–Crippen LogP) is 4.51. The van der Waals surface area contributed by atoms with Gasteiger partial charge in [0.2, 0.25) is 5.78 Å². The van der Waals surface area contributed by atoms with E-state index in [1.165, 1.54) is 12.3 Å². The van der Waals surface area contributed by atoms with Gasteiger partial charge in [-0.25, -0.2) is 13.8 Å². The fraction of sp³-hybridized carbons (Fsp3) is 0. The molecule has 7 heteroatoms. The fourth-order valence-corrected chi connectivity index (χ4v) is 2.69. The van der Waals surface area contributed by atoms with Crippen LogP contribution < -0.4 is 0 Å². The molecule has 0 bridgehead atoms. The van der Waals surface area contributed by atoms with E-state index in [0.29, 0.717) is 11.8 Å². The van der Waals surface area contributed by atoms with Crippen LogP contribution in [0.5, 0.6) is 0 Å². The molecule has 1 aromatic carbocycles. The number of rotatable bonds is 4. The van der Waals surface area contributed by atoms with Crippen LogP contribution in [-0.4, -0.2) is 20.7 Å². The summed E-state index contributed by atoms with van der Waals surface area (Å²) < 4.78 is 28.7. The first-order valence-corrected chi connectivity index (χ1v) is 8.40. The molecule has 3 heterocycles. The zero-order valence-electron chi connectivity index (χ0n) is 14.8. The molecule has 3 aromatic heterocycles. The van der Waals surface area contributed by atoms with Gasteiger partial charge in [-0.3, -0.25) is 14.8 Å². The summed E-state index contributed by atoms with van der Waals surface area (Å²) in [5, 5.41) is 0. The van der Waals surface area contributed by atoms with Gasteiger partial charge < -0.3 is 0 Å². The van der Waals surface area contributed by atoms with Crippen LogP contribution in [0.25, 0.3) is 22.6 Å². The van der Waals surface area contributed by atoms with Crippen LogP contribution >= 0.6 is 0 Å². The Morgan fingerprint density at radius 1 is 0.862 bits per heavy atom. The van der Waals surface area contributed by atoms with E-state index in [0.717, 1.165) is 5.56 Å². The first-order chi connectivity index (χ1) is 13.6. The van der Waals surface area contributed by atoms with Gasteiger partial charge >= 0.3 is 0 Å². The summed E-state index contributed by atoms with van der Waals surface area (Å²) >= 11 is 0. The maximum Gasteiger partial charge on any atom is 0.232 e. The second-order valence-electron chi connectivity index (χ2n) is 5.88. The van der Waals surface area contributed by atoms with E-state index in [2.05, 4.69) is 21.0 Å². The molecule has 0 radical (unpaired) electrons. The van der Waals surface area contributed by atoms with Crippen molar-refractivity contribution in [1.82, 2.24) is 15.0 Å². The predicted molar refractivity (Wildman–Crippen MR) is 99.3 cm³/mol. The van der Waals surface area contributed by atoms with Gasteiger partial charge in [0.1, 0.15) is 17.1 Å². The van der Waals surface area contributed by atoms with Crippen molar-refractivity contribution in [2.24, 2.45) is 0 Å². The maximum absolute atomic E-state index is 14.4. The summed E-state index contributed by atoms with van der Waals surface area (Å²) in [5.74, 6) is -2.69. The van der Waals surface area contributed by atoms with E-state index in [1.807, 2.05) is 18.2 Å². The second-order valence-corrected chi connectivity index (χ2v) is 5.88. The zero-order valence-corrected chi connectivity index (χ0v) is 17.0. The molecule has 0 unspecified atom stereocenters. The number of ketones is 1. The van der Waals surface area contributed by atoms with Gasteiger partial charge in [0, 0.05) is 33.3 Å². The van der Waals surface area contributed by atoms with Crippen molar-refractivity contribution < 1.29 is 34.6 Å². The molecule has 4 nitrogen and oxygen atoms in total. The van der Waals surface area contributed by atoms with Crippen molar-refractivity contribution >= 4 is 5.78 Å². The molecule has 0 fully saturated rings. The minimum Gasteiger partial charge on any atom is -0.295 e. The van der Waals surface area contributed by atoms with E-state index in [1.54, 1.807) is 36.4 Å². The van der Waals surface area contributed by atoms with Crippen molar-refractivity contribution in [3.05, 3.63) is 102 Å². The molecule has 0 aliphatic carbocycles. The number of carbonyl (C=O) groups is 1. The minimum absolute atomic E-state index is 0. The van der Waals surface area contributed by atoms with Gasteiger partial charge in [-0.05, 0) is 23.9 Å². The fourth-order valence-electron chi connectivity index (χ4n) is 2.69. The van der Waals surface area contributed by atoms with Gasteiger partial charge in [0.25, 0.3) is 0 Å². The van der Waals surface area contributed by atoms with Crippen molar-refractivity contribution in [2.75, 3.05) is 0 Å². The van der Waals surface area contributed by atoms with E-state index in [9.17, 15) is 13.6 Å². The summed E-state index contributed by atoms with van der Waals surface area (Å²) in [4.78, 5) is 24.8. The smallest absolute Gasteiger partial charge is 0.232 e. The molecule has 146 valence electrons. The number of carbonyl (C=O) groups excluding carboxylic acids is 1. The summed E-state index contributed by atoms with van der Waals surface area (Å²) in [6.07, 6.45) is 1.41. The first kappa shape index (κ1) is 20.6. The number of aromatic nitrogens is 3. The van der Waals surface area contributed by atoms with Crippen molar-refractivity contribution in [2.45, 2.75) is 0 Å². The van der Waals surface area contributed by atoms with Crippen LogP contribution in [0.1, 0.15) is 16.2 Å². The number of nitrogens with zero attached hydrogens (tertiary/aromatic N) is 3. The van der Waals surface area contributed by atoms with Gasteiger partial charge in [-0.1, -0.05) is 18.2 Å². The molecular formula is C22H12F2N3OPt-. The summed E-state index contributed by atoms with van der Waals surface area (Å²) in [6.45, 7) is 0. The Morgan fingerprint density at radius 3 is 2.38 bits per heavy atom. The van der Waals surface area contributed by atoms with E-state index < -0.39 is 23.1 Å². The molecule has 0 amide bonds. The third-order valence-electron chi connectivity index (χ3n) is 4.02. The van der Waals surface area contributed by atoms with Crippen LogP contribution in [0, 0.1) is 17.7 Å². The van der Waals surface area contributed by atoms with Crippen LogP contribution in [0.15, 0.2) is 72.9 Å². The van der Waals surface area contributed by atoms with E-state index >= 15 is 0 Å². The second kappa shape index (κ2) is 8.93. The number of hydrogen-bond donors (Lipinski definition) is 0. The van der Waals surface area contributed by atoms with Gasteiger partial charge in [0.15, 0.2) is 11.6 Å². The Bertz CT molecular complexity index is 1160. The molecule has 0 atom stereocenters. The Hall–Kier alpha value is -3.11. The molecule has 0 N–H and O–H groups in total. The maximum atomic E-state index is 14.4. The molecule has 0 aliphatic rings. The number of benzene rings is 1. The van der Waals surface area contributed by atoms with Crippen LogP contribution in [0.4, 0.5) is 8.78 Å². The van der Waals surface area contributed by atoms with Crippen LogP contribution in [-0.2, 0) is 21.1 Å². The van der Waals surface area contributed by atoms with Gasteiger partial charge in [-0.15, -0.1) is 35.9 Å². The minimum atomic E-state index is -1.05. The quantitative estimate of drug-likeness (QED) is 0.269. The first-order valence-electron chi connectivity index (χ1n) is 8.40. The normalized spacial score (nSPS) is 10.3. The Morgan fingerprint density at radius 2 is 1.66 bits per heavy atom. The third kappa shape index (κ3) is 4.33. The molecular weight excluding hydrogens is 555 g/mol. The van der Waals surface area contributed by atoms with Crippen molar-refractivity contribution in [1.29, 1.82) is 0 Å². The standard InChI is InChI=1S/C22H12F2N3O.Pt/c23-15-13-16(24)21(22(28)19-9-4-5-12-25-19)27-20(15)18-11-6-10-17(26-18)14-7-2-1-3-8-14;/h1-7,9-13H;/q-1;. The third-order valence-corrected chi connectivity index (χ3v) is 4.02. The van der Waals surface area contributed by atoms with Gasteiger partial charge in [-0.2, -0.15) is 0 Å². The summed E-state index contributed by atoms with van der Waals surface area (Å²) in [6, 6.07) is 20.5. The van der Waals surface area contributed by atoms with Crippen LogP contribution in [0.3, 0.4) is 0 Å². The van der Waals surface area contributed by atoms with E-state index in [4.69, 9.17) is 0 Å². The largest absolute Gasteiger partial charge is 0.295 e.